The number of rotatable bonds is 8. The summed E-state index contributed by atoms with van der Waals surface area (Å²) in [6, 6.07) is -1.41. The third kappa shape index (κ3) is 9.23. The van der Waals surface area contributed by atoms with Gasteiger partial charge in [-0.2, -0.15) is 13.2 Å². The van der Waals surface area contributed by atoms with Gasteiger partial charge < -0.3 is 20.1 Å². The van der Waals surface area contributed by atoms with Crippen LogP contribution in [0, 0.1) is 12.3 Å². The van der Waals surface area contributed by atoms with Gasteiger partial charge in [0, 0.05) is 6.54 Å². The van der Waals surface area contributed by atoms with Crippen molar-refractivity contribution in [2.45, 2.75) is 31.5 Å². The van der Waals surface area contributed by atoms with Crippen LogP contribution >= 0.6 is 0 Å². The molecule has 0 aliphatic rings. The van der Waals surface area contributed by atoms with Gasteiger partial charge in [-0.3, -0.25) is 4.79 Å². The minimum absolute atomic E-state index is 0.0738. The number of esters is 1. The van der Waals surface area contributed by atoms with Gasteiger partial charge in [-0.25, -0.2) is 9.59 Å². The smallest absolute Gasteiger partial charge is 0.467 e. The summed E-state index contributed by atoms with van der Waals surface area (Å²) in [6.45, 7) is -0.00969. The molecule has 0 bridgehead atoms. The van der Waals surface area contributed by atoms with Crippen molar-refractivity contribution in [3.63, 3.8) is 0 Å². The van der Waals surface area contributed by atoms with Crippen LogP contribution in [0.25, 0.3) is 0 Å². The van der Waals surface area contributed by atoms with Crippen LogP contribution in [0.1, 0.15) is 19.3 Å². The lowest BCUT2D eigenvalue weighted by atomic mass is 10.1. The molecule has 7 nitrogen and oxygen atoms in total. The highest BCUT2D eigenvalue weighted by Gasteiger charge is 2.40. The minimum Gasteiger partial charge on any atom is -0.467 e. The van der Waals surface area contributed by atoms with Crippen LogP contribution in [-0.2, 0) is 19.1 Å². The summed E-state index contributed by atoms with van der Waals surface area (Å²) in [5, 5.41) is 3.92. The molecule has 0 radical (unpaired) electrons. The van der Waals surface area contributed by atoms with Crippen LogP contribution in [0.3, 0.4) is 0 Å². The van der Waals surface area contributed by atoms with Gasteiger partial charge in [-0.05, 0) is 19.3 Å². The van der Waals surface area contributed by atoms with Crippen molar-refractivity contribution in [3.05, 3.63) is 0 Å². The highest BCUT2D eigenvalue weighted by atomic mass is 19.4. The maximum Gasteiger partial charge on any atom is 0.471 e. The van der Waals surface area contributed by atoms with Gasteiger partial charge in [0.15, 0.2) is 6.61 Å². The molecule has 2 amide bonds. The molecule has 23 heavy (non-hydrogen) atoms. The van der Waals surface area contributed by atoms with Gasteiger partial charge in [0.1, 0.15) is 6.04 Å². The molecular formula is C13H17F3N2O5. The SMILES string of the molecule is C#CCOC(=O)NCCCCC(NC(=O)C(F)(F)F)C(=O)OC. The Morgan fingerprint density at radius 1 is 1.26 bits per heavy atom. The second-order valence-corrected chi connectivity index (χ2v) is 4.25. The van der Waals surface area contributed by atoms with E-state index in [0.717, 1.165) is 7.11 Å². The molecule has 0 saturated carbocycles. The van der Waals surface area contributed by atoms with Gasteiger partial charge in [0.25, 0.3) is 0 Å². The van der Waals surface area contributed by atoms with E-state index in [1.54, 1.807) is 5.32 Å². The number of nitrogens with one attached hydrogen (secondary N) is 2. The summed E-state index contributed by atoms with van der Waals surface area (Å²) in [6.07, 6.45) is -0.397. The number of alkyl halides is 3. The van der Waals surface area contributed by atoms with Crippen molar-refractivity contribution in [2.24, 2.45) is 0 Å². The molecule has 0 saturated heterocycles. The lowest BCUT2D eigenvalue weighted by Crippen LogP contribution is -2.47. The zero-order chi connectivity index (χ0) is 17.9. The van der Waals surface area contributed by atoms with Crippen LogP contribution in [0.4, 0.5) is 18.0 Å². The molecule has 0 fully saturated rings. The van der Waals surface area contributed by atoms with E-state index < -0.39 is 30.2 Å². The number of methoxy groups -OCH3 is 1. The van der Waals surface area contributed by atoms with E-state index in [1.165, 1.54) is 0 Å². The molecule has 0 rings (SSSR count). The molecule has 10 heteroatoms. The molecule has 0 heterocycles. The first kappa shape index (κ1) is 20.6. The largest absolute Gasteiger partial charge is 0.471 e. The van der Waals surface area contributed by atoms with Crippen molar-refractivity contribution in [1.29, 1.82) is 0 Å². The zero-order valence-corrected chi connectivity index (χ0v) is 12.4. The monoisotopic (exact) mass is 338 g/mol. The molecule has 2 N–H and O–H groups in total. The van der Waals surface area contributed by atoms with E-state index in [1.807, 2.05) is 0 Å². The predicted octanol–water partition coefficient (Wildman–Crippen LogP) is 0.736. The highest BCUT2D eigenvalue weighted by Crippen LogP contribution is 2.15. The Hall–Kier alpha value is -2.44. The fourth-order valence-corrected chi connectivity index (χ4v) is 1.45. The van der Waals surface area contributed by atoms with Gasteiger partial charge in [-0.1, -0.05) is 5.92 Å². The van der Waals surface area contributed by atoms with Crippen molar-refractivity contribution in [1.82, 2.24) is 10.6 Å². The first-order valence-electron chi connectivity index (χ1n) is 6.52. The van der Waals surface area contributed by atoms with Gasteiger partial charge in [0.05, 0.1) is 7.11 Å². The number of carbonyl (C=O) groups excluding carboxylic acids is 3. The predicted molar refractivity (Wildman–Crippen MR) is 72.0 cm³/mol. The number of hydrogen-bond donors (Lipinski definition) is 2. The number of amides is 2. The molecular weight excluding hydrogens is 321 g/mol. The van der Waals surface area contributed by atoms with Gasteiger partial charge >= 0.3 is 24.1 Å². The quantitative estimate of drug-likeness (QED) is 0.387. The lowest BCUT2D eigenvalue weighted by molar-refractivity contribution is -0.175. The number of alkyl carbamates (subject to hydrolysis) is 1. The Balaban J connectivity index is 4.18. The number of unbranched alkanes of at least 4 members (excludes halogenated alkanes) is 1. The maximum absolute atomic E-state index is 12.2. The molecule has 0 aliphatic carbocycles. The minimum atomic E-state index is -5.09. The Morgan fingerprint density at radius 2 is 1.91 bits per heavy atom. The average Bonchev–Trinajstić information content (AvgIpc) is 2.49. The Bertz CT molecular complexity index is 460. The molecule has 1 unspecified atom stereocenters. The van der Waals surface area contributed by atoms with Crippen molar-refractivity contribution < 1.29 is 37.0 Å². The van der Waals surface area contributed by atoms with Gasteiger partial charge in [-0.15, -0.1) is 6.42 Å². The number of hydrogen-bond acceptors (Lipinski definition) is 5. The van der Waals surface area contributed by atoms with E-state index in [-0.39, 0.29) is 26.0 Å². The topological polar surface area (TPSA) is 93.7 Å². The molecule has 0 aromatic carbocycles. The number of terminal acetylenes is 1. The van der Waals surface area contributed by atoms with Crippen LogP contribution < -0.4 is 10.6 Å². The Morgan fingerprint density at radius 3 is 2.43 bits per heavy atom. The second-order valence-electron chi connectivity index (χ2n) is 4.25. The third-order valence-corrected chi connectivity index (χ3v) is 2.52. The second kappa shape index (κ2) is 10.3. The summed E-state index contributed by atoms with van der Waals surface area (Å²) in [4.78, 5) is 33.2. The zero-order valence-electron chi connectivity index (χ0n) is 12.4. The fraction of sp³-hybridized carbons (Fsp3) is 0.615. The van der Waals surface area contributed by atoms with Crippen LogP contribution in [0.15, 0.2) is 0 Å². The Kier molecular flexibility index (Phi) is 9.22. The molecule has 0 aromatic rings. The van der Waals surface area contributed by atoms with E-state index in [9.17, 15) is 27.6 Å². The van der Waals surface area contributed by atoms with Gasteiger partial charge in [0.2, 0.25) is 0 Å². The van der Waals surface area contributed by atoms with E-state index in [2.05, 4.69) is 20.7 Å². The average molecular weight is 338 g/mol. The maximum atomic E-state index is 12.2. The molecule has 0 spiro atoms. The van der Waals surface area contributed by atoms with E-state index >= 15 is 0 Å². The normalized spacial score (nSPS) is 11.8. The summed E-state index contributed by atoms with van der Waals surface area (Å²) >= 11 is 0. The molecule has 130 valence electrons. The Labute approximate surface area is 130 Å². The first-order chi connectivity index (χ1) is 10.7. The van der Waals surface area contributed by atoms with Crippen molar-refractivity contribution in [2.75, 3.05) is 20.3 Å². The molecule has 0 aliphatic heterocycles. The van der Waals surface area contributed by atoms with E-state index in [0.29, 0.717) is 6.42 Å². The fourth-order valence-electron chi connectivity index (χ4n) is 1.45. The molecule has 1 atom stereocenters. The van der Waals surface area contributed by atoms with E-state index in [4.69, 9.17) is 6.42 Å². The van der Waals surface area contributed by atoms with Crippen molar-refractivity contribution >= 4 is 18.0 Å². The lowest BCUT2D eigenvalue weighted by Gasteiger charge is -2.17. The van der Waals surface area contributed by atoms with Crippen LogP contribution in [0.5, 0.6) is 0 Å². The van der Waals surface area contributed by atoms with Crippen LogP contribution in [-0.4, -0.2) is 50.4 Å². The number of halogens is 3. The summed E-state index contributed by atoms with van der Waals surface area (Å²) in [7, 11) is 0.998. The number of carbonyl (C=O) groups is 3. The molecule has 0 aromatic heterocycles. The summed E-state index contributed by atoms with van der Waals surface area (Å²) in [5.74, 6) is -1.10. The summed E-state index contributed by atoms with van der Waals surface area (Å²) < 4.78 is 45.4. The number of ether oxygens (including phenoxy) is 2. The summed E-state index contributed by atoms with van der Waals surface area (Å²) in [5.41, 5.74) is 0. The van der Waals surface area contributed by atoms with Crippen LogP contribution in [0.2, 0.25) is 0 Å². The third-order valence-electron chi connectivity index (χ3n) is 2.52. The highest BCUT2D eigenvalue weighted by molar-refractivity contribution is 5.87. The standard InChI is InChI=1S/C13H17F3N2O5/c1-3-8-23-12(21)17-7-5-4-6-9(10(19)22-2)18-11(20)13(14,15)16/h1,9H,4-8H2,2H3,(H,17,21)(H,18,20). The first-order valence-corrected chi connectivity index (χ1v) is 6.52. The van der Waals surface area contributed by atoms with Crippen molar-refractivity contribution in [3.8, 4) is 12.3 Å².